The number of amides is 1. The fourth-order valence-corrected chi connectivity index (χ4v) is 3.20. The topological polar surface area (TPSA) is 69.2 Å². The van der Waals surface area contributed by atoms with Crippen LogP contribution < -0.4 is 19.6 Å². The highest BCUT2D eigenvalue weighted by molar-refractivity contribution is 6.03. The minimum atomic E-state index is -0.345. The van der Waals surface area contributed by atoms with Crippen LogP contribution >= 0.6 is 0 Å². The molecule has 156 valence electrons. The maximum absolute atomic E-state index is 12.2. The first-order valence-electron chi connectivity index (χ1n) is 9.74. The first-order valence-corrected chi connectivity index (χ1v) is 9.74. The van der Waals surface area contributed by atoms with Gasteiger partial charge in [-0.1, -0.05) is 25.1 Å². The van der Waals surface area contributed by atoms with E-state index in [1.807, 2.05) is 49.4 Å². The lowest BCUT2D eigenvalue weighted by Crippen LogP contribution is -2.24. The summed E-state index contributed by atoms with van der Waals surface area (Å²) in [7, 11) is 3.21. The lowest BCUT2D eigenvalue weighted by molar-refractivity contribution is -0.123. The number of ether oxygens (including phenoxy) is 3. The fraction of sp³-hybridized carbons (Fsp3) is 0.250. The summed E-state index contributed by atoms with van der Waals surface area (Å²) in [6.07, 6.45) is 2.48. The molecule has 0 radical (unpaired) electrons. The van der Waals surface area contributed by atoms with Gasteiger partial charge in [0.1, 0.15) is 17.2 Å². The Balaban J connectivity index is 1.71. The molecule has 3 aromatic carbocycles. The van der Waals surface area contributed by atoms with Crippen molar-refractivity contribution in [2.45, 2.75) is 20.3 Å². The molecule has 0 saturated carbocycles. The highest BCUT2D eigenvalue weighted by atomic mass is 16.5. The van der Waals surface area contributed by atoms with Gasteiger partial charge >= 0.3 is 0 Å². The van der Waals surface area contributed by atoms with E-state index in [1.165, 1.54) is 5.56 Å². The van der Waals surface area contributed by atoms with Crippen LogP contribution in [0.1, 0.15) is 23.6 Å². The standard InChI is InChI=1S/C24H26N2O4/c1-5-17-10-16(2)11-20(12-17)30-15-24(27)26-25-14-22-21-13-19(28-3)8-6-18(21)7-9-23(22)29-4/h6-14H,5,15H2,1-4H3,(H,26,27)/b25-14+. The molecule has 0 bridgehead atoms. The molecule has 6 nitrogen and oxygen atoms in total. The summed E-state index contributed by atoms with van der Waals surface area (Å²) in [5.74, 6) is 1.71. The molecular formula is C24H26N2O4. The molecule has 0 aliphatic heterocycles. The van der Waals surface area contributed by atoms with Crippen LogP contribution in [-0.2, 0) is 11.2 Å². The summed E-state index contributed by atoms with van der Waals surface area (Å²) in [4.78, 5) is 12.2. The number of hydrazone groups is 1. The fourth-order valence-electron chi connectivity index (χ4n) is 3.20. The maximum atomic E-state index is 12.2. The minimum absolute atomic E-state index is 0.121. The van der Waals surface area contributed by atoms with Gasteiger partial charge in [-0.25, -0.2) is 5.43 Å². The van der Waals surface area contributed by atoms with Gasteiger partial charge in [0.25, 0.3) is 5.91 Å². The summed E-state index contributed by atoms with van der Waals surface area (Å²) >= 11 is 0. The normalized spacial score (nSPS) is 10.9. The van der Waals surface area contributed by atoms with Gasteiger partial charge in [0, 0.05) is 5.56 Å². The van der Waals surface area contributed by atoms with Crippen LogP contribution in [0.15, 0.2) is 53.6 Å². The lowest BCUT2D eigenvalue weighted by Gasteiger charge is -2.10. The van der Waals surface area contributed by atoms with E-state index in [0.29, 0.717) is 11.5 Å². The third-order valence-electron chi connectivity index (χ3n) is 4.72. The Labute approximate surface area is 176 Å². The van der Waals surface area contributed by atoms with Crippen LogP contribution in [-0.4, -0.2) is 32.9 Å². The van der Waals surface area contributed by atoms with Gasteiger partial charge in [0.15, 0.2) is 6.61 Å². The maximum Gasteiger partial charge on any atom is 0.277 e. The van der Waals surface area contributed by atoms with E-state index in [0.717, 1.165) is 34.1 Å². The quantitative estimate of drug-likeness (QED) is 0.448. The van der Waals surface area contributed by atoms with Crippen molar-refractivity contribution in [3.8, 4) is 17.2 Å². The SMILES string of the molecule is CCc1cc(C)cc(OCC(=O)N/N=C/c2c(OC)ccc3ccc(OC)cc23)c1. The summed E-state index contributed by atoms with van der Waals surface area (Å²) in [5.41, 5.74) is 5.53. The summed E-state index contributed by atoms with van der Waals surface area (Å²) in [6.45, 7) is 3.96. The number of hydrogen-bond acceptors (Lipinski definition) is 5. The van der Waals surface area contributed by atoms with Crippen molar-refractivity contribution in [3.05, 3.63) is 65.2 Å². The van der Waals surface area contributed by atoms with Crippen LogP contribution in [0.3, 0.4) is 0 Å². The van der Waals surface area contributed by atoms with Gasteiger partial charge in [-0.15, -0.1) is 0 Å². The highest BCUT2D eigenvalue weighted by Gasteiger charge is 2.09. The molecule has 6 heteroatoms. The molecule has 1 N–H and O–H groups in total. The molecule has 0 aliphatic rings. The molecule has 3 aromatic rings. The number of hydrogen-bond donors (Lipinski definition) is 1. The van der Waals surface area contributed by atoms with Crippen LogP contribution in [0, 0.1) is 6.92 Å². The molecule has 0 aliphatic carbocycles. The third kappa shape index (κ3) is 5.08. The number of aryl methyl sites for hydroxylation is 2. The second kappa shape index (κ2) is 9.78. The molecule has 30 heavy (non-hydrogen) atoms. The van der Waals surface area contributed by atoms with Crippen molar-refractivity contribution in [1.82, 2.24) is 5.43 Å². The summed E-state index contributed by atoms with van der Waals surface area (Å²) < 4.78 is 16.4. The van der Waals surface area contributed by atoms with Gasteiger partial charge in [-0.2, -0.15) is 5.10 Å². The van der Waals surface area contributed by atoms with Crippen molar-refractivity contribution in [1.29, 1.82) is 0 Å². The predicted molar refractivity (Wildman–Crippen MR) is 119 cm³/mol. The molecule has 0 fully saturated rings. The van der Waals surface area contributed by atoms with E-state index in [4.69, 9.17) is 14.2 Å². The van der Waals surface area contributed by atoms with E-state index in [1.54, 1.807) is 20.4 Å². The van der Waals surface area contributed by atoms with Crippen molar-refractivity contribution < 1.29 is 19.0 Å². The Morgan fingerprint density at radius 1 is 1.03 bits per heavy atom. The number of benzene rings is 3. The van der Waals surface area contributed by atoms with Gasteiger partial charge < -0.3 is 14.2 Å². The number of carbonyl (C=O) groups is 1. The van der Waals surface area contributed by atoms with E-state index < -0.39 is 0 Å². The Morgan fingerprint density at radius 3 is 2.57 bits per heavy atom. The predicted octanol–water partition coefficient (Wildman–Crippen LogP) is 4.26. The second-order valence-corrected chi connectivity index (χ2v) is 6.86. The number of nitrogens with one attached hydrogen (secondary N) is 1. The van der Waals surface area contributed by atoms with Crippen molar-refractivity contribution in [2.24, 2.45) is 5.10 Å². The van der Waals surface area contributed by atoms with E-state index in [2.05, 4.69) is 23.5 Å². The first-order chi connectivity index (χ1) is 14.5. The van der Waals surface area contributed by atoms with Crippen molar-refractivity contribution in [3.63, 3.8) is 0 Å². The number of nitrogens with zero attached hydrogens (tertiary/aromatic N) is 1. The Hall–Kier alpha value is -3.54. The smallest absolute Gasteiger partial charge is 0.277 e. The van der Waals surface area contributed by atoms with Gasteiger partial charge in [-0.3, -0.25) is 4.79 Å². The summed E-state index contributed by atoms with van der Waals surface area (Å²) in [5, 5.41) is 6.02. The Kier molecular flexibility index (Phi) is 6.91. The molecule has 1 amide bonds. The number of fused-ring (bicyclic) bond motifs is 1. The zero-order valence-corrected chi connectivity index (χ0v) is 17.7. The van der Waals surface area contributed by atoms with Crippen molar-refractivity contribution in [2.75, 3.05) is 20.8 Å². The zero-order valence-electron chi connectivity index (χ0n) is 17.7. The van der Waals surface area contributed by atoms with Crippen LogP contribution in [0.2, 0.25) is 0 Å². The first kappa shape index (κ1) is 21.2. The number of carbonyl (C=O) groups excluding carboxylic acids is 1. The van der Waals surface area contributed by atoms with Crippen LogP contribution in [0.4, 0.5) is 0 Å². The van der Waals surface area contributed by atoms with Gasteiger partial charge in [0.05, 0.1) is 20.4 Å². The van der Waals surface area contributed by atoms with Crippen molar-refractivity contribution >= 4 is 22.9 Å². The third-order valence-corrected chi connectivity index (χ3v) is 4.72. The molecule has 0 atom stereocenters. The molecule has 0 aromatic heterocycles. The van der Waals surface area contributed by atoms with Gasteiger partial charge in [-0.05, 0) is 65.6 Å². The highest BCUT2D eigenvalue weighted by Crippen LogP contribution is 2.29. The van der Waals surface area contributed by atoms with Crippen LogP contribution in [0.5, 0.6) is 17.2 Å². The Morgan fingerprint density at radius 2 is 1.83 bits per heavy atom. The molecule has 0 heterocycles. The lowest BCUT2D eigenvalue weighted by atomic mass is 10.0. The van der Waals surface area contributed by atoms with E-state index in [9.17, 15) is 4.79 Å². The van der Waals surface area contributed by atoms with E-state index in [-0.39, 0.29) is 12.5 Å². The molecule has 3 rings (SSSR count). The minimum Gasteiger partial charge on any atom is -0.497 e. The molecule has 0 spiro atoms. The average Bonchev–Trinajstić information content (AvgIpc) is 2.76. The van der Waals surface area contributed by atoms with Crippen LogP contribution in [0.25, 0.3) is 10.8 Å². The second-order valence-electron chi connectivity index (χ2n) is 6.86. The Bertz CT molecular complexity index is 1070. The molecule has 0 saturated heterocycles. The monoisotopic (exact) mass is 406 g/mol. The number of rotatable bonds is 8. The summed E-state index contributed by atoms with van der Waals surface area (Å²) in [6, 6.07) is 15.5. The van der Waals surface area contributed by atoms with Gasteiger partial charge in [0.2, 0.25) is 0 Å². The molecule has 0 unspecified atom stereocenters. The average molecular weight is 406 g/mol. The number of methoxy groups -OCH3 is 2. The zero-order chi connectivity index (χ0) is 21.5. The largest absolute Gasteiger partial charge is 0.497 e. The molecular weight excluding hydrogens is 380 g/mol. The van der Waals surface area contributed by atoms with E-state index >= 15 is 0 Å².